The summed E-state index contributed by atoms with van der Waals surface area (Å²) in [7, 11) is 0. The standard InChI is InChI=1S/C25H36N6O4/c1-15(2)23-27-28-24(34-23)20-12-25(14-31(20)13-21(32)26-18-5-6-18)7-9-30(10-8-25)22(33)11-19-16(3)29-35-17(19)4/h15,18,20H,5-14H2,1-4H3,(H,26,32). The molecule has 1 atom stereocenters. The molecule has 3 aliphatic rings. The van der Waals surface area contributed by atoms with E-state index in [1.54, 1.807) is 0 Å². The number of carbonyl (C=O) groups is 2. The molecule has 0 aromatic carbocycles. The van der Waals surface area contributed by atoms with Crippen LogP contribution in [0.15, 0.2) is 8.94 Å². The summed E-state index contributed by atoms with van der Waals surface area (Å²) in [6.07, 6.45) is 5.10. The Morgan fingerprint density at radius 3 is 2.51 bits per heavy atom. The van der Waals surface area contributed by atoms with Crippen LogP contribution < -0.4 is 5.32 Å². The third-order valence-corrected chi connectivity index (χ3v) is 7.82. The molecule has 5 rings (SSSR count). The minimum absolute atomic E-state index is 0.0246. The molecule has 10 heteroatoms. The van der Waals surface area contributed by atoms with Gasteiger partial charge in [-0.1, -0.05) is 19.0 Å². The van der Waals surface area contributed by atoms with Crippen LogP contribution in [0.4, 0.5) is 0 Å². The lowest BCUT2D eigenvalue weighted by molar-refractivity contribution is -0.132. The number of aromatic nitrogens is 3. The summed E-state index contributed by atoms with van der Waals surface area (Å²) in [6.45, 7) is 10.3. The fraction of sp³-hybridized carbons (Fsp3) is 0.720. The number of likely N-dealkylation sites (tertiary alicyclic amines) is 2. The van der Waals surface area contributed by atoms with Crippen LogP contribution in [-0.4, -0.2) is 69.2 Å². The zero-order valence-corrected chi connectivity index (χ0v) is 21.2. The summed E-state index contributed by atoms with van der Waals surface area (Å²) in [5.74, 6) is 2.27. The van der Waals surface area contributed by atoms with Crippen LogP contribution in [0.3, 0.4) is 0 Å². The van der Waals surface area contributed by atoms with Crippen molar-refractivity contribution < 1.29 is 18.5 Å². The van der Waals surface area contributed by atoms with Crippen molar-refractivity contribution in [2.45, 2.75) is 84.2 Å². The predicted molar refractivity (Wildman–Crippen MR) is 126 cm³/mol. The average molecular weight is 485 g/mol. The van der Waals surface area contributed by atoms with Gasteiger partial charge in [0.05, 0.1) is 24.7 Å². The van der Waals surface area contributed by atoms with Crippen LogP contribution in [0.2, 0.25) is 0 Å². The van der Waals surface area contributed by atoms with E-state index >= 15 is 0 Å². The van der Waals surface area contributed by atoms with Gasteiger partial charge in [-0.2, -0.15) is 0 Å². The molecule has 2 saturated heterocycles. The van der Waals surface area contributed by atoms with Crippen LogP contribution in [0.25, 0.3) is 0 Å². The first kappa shape index (κ1) is 24.0. The molecule has 3 fully saturated rings. The van der Waals surface area contributed by atoms with Gasteiger partial charge in [0.25, 0.3) is 0 Å². The number of nitrogens with one attached hydrogen (secondary N) is 1. The Morgan fingerprint density at radius 1 is 1.17 bits per heavy atom. The van der Waals surface area contributed by atoms with Crippen molar-refractivity contribution >= 4 is 11.8 Å². The molecule has 1 N–H and O–H groups in total. The molecular weight excluding hydrogens is 448 g/mol. The smallest absolute Gasteiger partial charge is 0.234 e. The lowest BCUT2D eigenvalue weighted by Crippen LogP contribution is -2.45. The second-order valence-electron chi connectivity index (χ2n) is 11.0. The number of aryl methyl sites for hydroxylation is 2. The van der Waals surface area contributed by atoms with E-state index in [9.17, 15) is 9.59 Å². The van der Waals surface area contributed by atoms with Gasteiger partial charge in [0.2, 0.25) is 23.6 Å². The van der Waals surface area contributed by atoms with Crippen molar-refractivity contribution in [2.75, 3.05) is 26.2 Å². The van der Waals surface area contributed by atoms with E-state index < -0.39 is 0 Å². The molecule has 2 aromatic heterocycles. The summed E-state index contributed by atoms with van der Waals surface area (Å²) in [5.41, 5.74) is 1.70. The van der Waals surface area contributed by atoms with E-state index in [4.69, 9.17) is 8.94 Å². The van der Waals surface area contributed by atoms with Gasteiger partial charge in [-0.25, -0.2) is 0 Å². The highest BCUT2D eigenvalue weighted by atomic mass is 16.5. The van der Waals surface area contributed by atoms with E-state index in [0.29, 0.717) is 49.6 Å². The third-order valence-electron chi connectivity index (χ3n) is 7.82. The summed E-state index contributed by atoms with van der Waals surface area (Å²) in [5, 5.41) is 15.7. The minimum atomic E-state index is -0.0792. The average Bonchev–Trinajstić information content (AvgIpc) is 3.23. The van der Waals surface area contributed by atoms with Crippen LogP contribution in [0, 0.1) is 19.3 Å². The molecule has 190 valence electrons. The van der Waals surface area contributed by atoms with Gasteiger partial charge < -0.3 is 19.2 Å². The number of hydrogen-bond donors (Lipinski definition) is 1. The number of nitrogens with zero attached hydrogens (tertiary/aromatic N) is 5. The van der Waals surface area contributed by atoms with Gasteiger partial charge in [0.15, 0.2) is 0 Å². The van der Waals surface area contributed by atoms with Gasteiger partial charge in [-0.15, -0.1) is 10.2 Å². The molecular formula is C25H36N6O4. The molecule has 1 saturated carbocycles. The van der Waals surface area contributed by atoms with Gasteiger partial charge in [-0.05, 0) is 51.4 Å². The number of rotatable bonds is 7. The molecule has 0 bridgehead atoms. The topological polar surface area (TPSA) is 118 Å². The zero-order valence-electron chi connectivity index (χ0n) is 21.2. The van der Waals surface area contributed by atoms with Crippen molar-refractivity contribution in [1.82, 2.24) is 30.5 Å². The zero-order chi connectivity index (χ0) is 24.7. The van der Waals surface area contributed by atoms with Crippen molar-refractivity contribution in [1.29, 1.82) is 0 Å². The second kappa shape index (κ2) is 9.37. The Bertz CT molecular complexity index is 1060. The number of amides is 2. The first-order chi connectivity index (χ1) is 16.7. The number of hydrogen-bond acceptors (Lipinski definition) is 8. The summed E-state index contributed by atoms with van der Waals surface area (Å²) >= 11 is 0. The van der Waals surface area contributed by atoms with E-state index in [1.165, 1.54) is 0 Å². The predicted octanol–water partition coefficient (Wildman–Crippen LogP) is 2.67. The molecule has 2 aliphatic heterocycles. The highest BCUT2D eigenvalue weighted by Gasteiger charge is 2.48. The molecule has 35 heavy (non-hydrogen) atoms. The monoisotopic (exact) mass is 484 g/mol. The van der Waals surface area contributed by atoms with Crippen LogP contribution in [-0.2, 0) is 16.0 Å². The number of piperidine rings is 1. The first-order valence-corrected chi connectivity index (χ1v) is 12.8. The number of carbonyl (C=O) groups excluding carboxylic acids is 2. The molecule has 0 radical (unpaired) electrons. The van der Waals surface area contributed by atoms with Crippen LogP contribution in [0.5, 0.6) is 0 Å². The largest absolute Gasteiger partial charge is 0.423 e. The van der Waals surface area contributed by atoms with Gasteiger partial charge >= 0.3 is 0 Å². The van der Waals surface area contributed by atoms with Crippen molar-refractivity contribution in [3.63, 3.8) is 0 Å². The maximum atomic E-state index is 13.0. The Hall–Kier alpha value is -2.75. The molecule has 10 nitrogen and oxygen atoms in total. The maximum absolute atomic E-state index is 13.0. The highest BCUT2D eigenvalue weighted by molar-refractivity contribution is 5.79. The quantitative estimate of drug-likeness (QED) is 0.637. The van der Waals surface area contributed by atoms with Gasteiger partial charge in [0, 0.05) is 37.2 Å². The maximum Gasteiger partial charge on any atom is 0.234 e. The molecule has 2 aromatic rings. The fourth-order valence-electron chi connectivity index (χ4n) is 5.46. The third kappa shape index (κ3) is 5.12. The van der Waals surface area contributed by atoms with Crippen molar-refractivity contribution in [2.24, 2.45) is 5.41 Å². The van der Waals surface area contributed by atoms with E-state index in [1.807, 2.05) is 32.6 Å². The second-order valence-corrected chi connectivity index (χ2v) is 11.0. The Labute approximate surface area is 205 Å². The Kier molecular flexibility index (Phi) is 6.41. The lowest BCUT2D eigenvalue weighted by atomic mass is 9.76. The molecule has 1 aliphatic carbocycles. The molecule has 2 amide bonds. The van der Waals surface area contributed by atoms with Crippen molar-refractivity contribution in [3.8, 4) is 0 Å². The van der Waals surface area contributed by atoms with E-state index in [-0.39, 0.29) is 29.2 Å². The summed E-state index contributed by atoms with van der Waals surface area (Å²) in [4.78, 5) is 29.8. The van der Waals surface area contributed by atoms with E-state index in [2.05, 4.69) is 25.6 Å². The normalized spacial score (nSPS) is 22.3. The molecule has 4 heterocycles. The van der Waals surface area contributed by atoms with Gasteiger partial charge in [-0.3, -0.25) is 14.5 Å². The first-order valence-electron chi connectivity index (χ1n) is 12.8. The molecule has 1 unspecified atom stereocenters. The highest BCUT2D eigenvalue weighted by Crippen LogP contribution is 2.48. The minimum Gasteiger partial charge on any atom is -0.423 e. The Morgan fingerprint density at radius 2 is 1.91 bits per heavy atom. The van der Waals surface area contributed by atoms with Crippen LogP contribution in [0.1, 0.15) is 86.7 Å². The summed E-state index contributed by atoms with van der Waals surface area (Å²) in [6, 6.07) is 0.255. The molecule has 1 spiro atoms. The lowest BCUT2D eigenvalue weighted by Gasteiger charge is -2.39. The van der Waals surface area contributed by atoms with Crippen LogP contribution >= 0.6 is 0 Å². The van der Waals surface area contributed by atoms with E-state index in [0.717, 1.165) is 49.9 Å². The fourth-order valence-corrected chi connectivity index (χ4v) is 5.46. The Balaban J connectivity index is 1.26. The van der Waals surface area contributed by atoms with Gasteiger partial charge in [0.1, 0.15) is 5.76 Å². The summed E-state index contributed by atoms with van der Waals surface area (Å²) < 4.78 is 11.3. The SMILES string of the molecule is Cc1noc(C)c1CC(=O)N1CCC2(CC1)CC(c1nnc(C(C)C)o1)N(CC(=O)NC1CC1)C2. The van der Waals surface area contributed by atoms with Crippen molar-refractivity contribution in [3.05, 3.63) is 28.8 Å².